The summed E-state index contributed by atoms with van der Waals surface area (Å²) in [6.07, 6.45) is 6.19. The van der Waals surface area contributed by atoms with Gasteiger partial charge in [-0.15, -0.1) is 0 Å². The van der Waals surface area contributed by atoms with Crippen molar-refractivity contribution in [1.29, 1.82) is 0 Å². The van der Waals surface area contributed by atoms with Gasteiger partial charge in [0.25, 0.3) is 0 Å². The molecule has 0 unspecified atom stereocenters. The summed E-state index contributed by atoms with van der Waals surface area (Å²) in [6.45, 7) is 5.87. The summed E-state index contributed by atoms with van der Waals surface area (Å²) in [7, 11) is 4.26. The number of carbonyl (C=O) groups excluding carboxylic acids is 1. The van der Waals surface area contributed by atoms with E-state index in [0.29, 0.717) is 6.54 Å². The van der Waals surface area contributed by atoms with Crippen molar-refractivity contribution in [2.45, 2.75) is 37.6 Å². The van der Waals surface area contributed by atoms with Crippen molar-refractivity contribution in [1.82, 2.24) is 20.4 Å². The molecule has 0 spiro atoms. The summed E-state index contributed by atoms with van der Waals surface area (Å²) in [5, 5.41) is 6.05. The van der Waals surface area contributed by atoms with E-state index in [1.165, 1.54) is 32.1 Å². The van der Waals surface area contributed by atoms with Crippen LogP contribution in [0, 0.1) is 0 Å². The fourth-order valence-electron chi connectivity index (χ4n) is 3.45. The van der Waals surface area contributed by atoms with Crippen LogP contribution in [0.1, 0.15) is 32.1 Å². The molecule has 2 fully saturated rings. The van der Waals surface area contributed by atoms with Gasteiger partial charge in [-0.25, -0.2) is 4.79 Å². The Hall–Kier alpha value is -0.850. The number of carbonyl (C=O) groups is 1. The summed E-state index contributed by atoms with van der Waals surface area (Å²) in [4.78, 5) is 16.6. The van der Waals surface area contributed by atoms with Crippen LogP contribution in [0.5, 0.6) is 0 Å². The second-order valence-corrected chi connectivity index (χ2v) is 6.74. The fourth-order valence-corrected chi connectivity index (χ4v) is 3.45. The summed E-state index contributed by atoms with van der Waals surface area (Å²) >= 11 is 0. The molecule has 6 nitrogen and oxygen atoms in total. The zero-order chi connectivity index (χ0) is 15.8. The highest BCUT2D eigenvalue weighted by molar-refractivity contribution is 5.73. The number of nitrogens with zero attached hydrogens (tertiary/aromatic N) is 2. The molecule has 0 atom stereocenters. The first-order valence-electron chi connectivity index (χ1n) is 8.62. The highest BCUT2D eigenvalue weighted by Gasteiger charge is 2.34. The van der Waals surface area contributed by atoms with Gasteiger partial charge < -0.3 is 20.3 Å². The molecule has 2 amide bonds. The molecule has 0 bridgehead atoms. The molecule has 1 aliphatic carbocycles. The zero-order valence-corrected chi connectivity index (χ0v) is 14.2. The van der Waals surface area contributed by atoms with E-state index in [-0.39, 0.29) is 11.6 Å². The lowest BCUT2D eigenvalue weighted by Crippen LogP contribution is -2.55. The van der Waals surface area contributed by atoms with Crippen molar-refractivity contribution < 1.29 is 9.53 Å². The molecule has 128 valence electrons. The van der Waals surface area contributed by atoms with Crippen molar-refractivity contribution >= 4 is 6.03 Å². The Balaban J connectivity index is 1.65. The molecule has 2 N–H and O–H groups in total. The van der Waals surface area contributed by atoms with E-state index < -0.39 is 0 Å². The number of hydrogen-bond acceptors (Lipinski definition) is 4. The molecule has 0 aromatic rings. The molecule has 0 aromatic carbocycles. The van der Waals surface area contributed by atoms with Gasteiger partial charge in [-0.3, -0.25) is 4.90 Å². The quantitative estimate of drug-likeness (QED) is 0.764. The van der Waals surface area contributed by atoms with Crippen molar-refractivity contribution in [3.05, 3.63) is 0 Å². The number of ether oxygens (including phenoxy) is 1. The Morgan fingerprint density at radius 2 is 1.82 bits per heavy atom. The molecule has 22 heavy (non-hydrogen) atoms. The van der Waals surface area contributed by atoms with Crippen LogP contribution in [0.4, 0.5) is 4.79 Å². The van der Waals surface area contributed by atoms with Crippen LogP contribution in [-0.2, 0) is 4.74 Å². The first-order chi connectivity index (χ1) is 10.6. The minimum atomic E-state index is -0.0416. The number of urea groups is 1. The number of hydrogen-bond donors (Lipinski definition) is 2. The highest BCUT2D eigenvalue weighted by atomic mass is 16.5. The van der Waals surface area contributed by atoms with E-state index in [1.807, 2.05) is 0 Å². The van der Waals surface area contributed by atoms with Crippen LogP contribution in [-0.4, -0.2) is 81.4 Å². The fraction of sp³-hybridized carbons (Fsp3) is 0.938. The number of nitrogens with one attached hydrogen (secondary N) is 2. The summed E-state index contributed by atoms with van der Waals surface area (Å²) in [5.74, 6) is 0. The average molecular weight is 312 g/mol. The van der Waals surface area contributed by atoms with E-state index in [9.17, 15) is 4.79 Å². The summed E-state index contributed by atoms with van der Waals surface area (Å²) < 4.78 is 5.32. The van der Waals surface area contributed by atoms with Crippen LogP contribution in [0.25, 0.3) is 0 Å². The first-order valence-corrected chi connectivity index (χ1v) is 8.62. The van der Waals surface area contributed by atoms with Gasteiger partial charge >= 0.3 is 6.03 Å². The predicted octanol–water partition coefficient (Wildman–Crippen LogP) is 0.882. The maximum absolute atomic E-state index is 12.0. The van der Waals surface area contributed by atoms with Crippen LogP contribution in [0.3, 0.4) is 0 Å². The van der Waals surface area contributed by atoms with Gasteiger partial charge in [-0.1, -0.05) is 19.3 Å². The van der Waals surface area contributed by atoms with Gasteiger partial charge in [0.15, 0.2) is 0 Å². The number of amides is 2. The maximum atomic E-state index is 12.0. The van der Waals surface area contributed by atoms with Crippen LogP contribution < -0.4 is 10.6 Å². The zero-order valence-electron chi connectivity index (χ0n) is 14.2. The Morgan fingerprint density at radius 1 is 1.14 bits per heavy atom. The number of rotatable bonds is 6. The van der Waals surface area contributed by atoms with Crippen molar-refractivity contribution in [3.8, 4) is 0 Å². The van der Waals surface area contributed by atoms with E-state index in [2.05, 4.69) is 34.5 Å². The highest BCUT2D eigenvalue weighted by Crippen LogP contribution is 2.31. The van der Waals surface area contributed by atoms with Gasteiger partial charge in [0, 0.05) is 38.3 Å². The summed E-state index contributed by atoms with van der Waals surface area (Å²) in [5.41, 5.74) is 0.139. The molecule has 1 saturated heterocycles. The lowest BCUT2D eigenvalue weighted by atomic mass is 9.80. The predicted molar refractivity (Wildman–Crippen MR) is 88.2 cm³/mol. The van der Waals surface area contributed by atoms with E-state index >= 15 is 0 Å². The van der Waals surface area contributed by atoms with E-state index in [4.69, 9.17) is 4.74 Å². The minimum Gasteiger partial charge on any atom is -0.379 e. The molecule has 1 heterocycles. The van der Waals surface area contributed by atoms with Gasteiger partial charge in [0.2, 0.25) is 0 Å². The minimum absolute atomic E-state index is 0.0416. The monoisotopic (exact) mass is 312 g/mol. The van der Waals surface area contributed by atoms with Crippen molar-refractivity contribution in [3.63, 3.8) is 0 Å². The molecule has 1 saturated carbocycles. The third kappa shape index (κ3) is 5.11. The van der Waals surface area contributed by atoms with Crippen LogP contribution in [0.2, 0.25) is 0 Å². The molecule has 1 aliphatic heterocycles. The molecule has 2 rings (SSSR count). The van der Waals surface area contributed by atoms with Gasteiger partial charge in [-0.2, -0.15) is 0 Å². The van der Waals surface area contributed by atoms with Gasteiger partial charge in [-0.05, 0) is 26.9 Å². The lowest BCUT2D eigenvalue weighted by Gasteiger charge is -2.43. The second kappa shape index (κ2) is 8.70. The molecule has 2 aliphatic rings. The van der Waals surface area contributed by atoms with Gasteiger partial charge in [0.05, 0.1) is 13.2 Å². The first kappa shape index (κ1) is 17.5. The second-order valence-electron chi connectivity index (χ2n) is 6.74. The maximum Gasteiger partial charge on any atom is 0.314 e. The van der Waals surface area contributed by atoms with Gasteiger partial charge in [0.1, 0.15) is 0 Å². The topological polar surface area (TPSA) is 56.8 Å². The molecular weight excluding hydrogens is 280 g/mol. The standard InChI is InChI=1S/C16H32N4O2/c1-19(2)16(6-4-3-5-7-16)14-18-15(21)17-8-9-20-10-12-22-13-11-20/h3-14H2,1-2H3,(H2,17,18,21). The smallest absolute Gasteiger partial charge is 0.314 e. The van der Waals surface area contributed by atoms with Crippen LogP contribution in [0.15, 0.2) is 0 Å². The molecule has 6 heteroatoms. The summed E-state index contributed by atoms with van der Waals surface area (Å²) in [6, 6.07) is -0.0416. The average Bonchev–Trinajstić information content (AvgIpc) is 2.55. The molecule has 0 radical (unpaired) electrons. The Bertz CT molecular complexity index is 337. The number of likely N-dealkylation sites (N-methyl/N-ethyl adjacent to an activating group) is 1. The third-order valence-corrected chi connectivity index (χ3v) is 5.13. The van der Waals surface area contributed by atoms with Crippen molar-refractivity contribution in [2.24, 2.45) is 0 Å². The largest absolute Gasteiger partial charge is 0.379 e. The molecular formula is C16H32N4O2. The molecule has 0 aromatic heterocycles. The van der Waals surface area contributed by atoms with Crippen LogP contribution >= 0.6 is 0 Å². The van der Waals surface area contributed by atoms with E-state index in [0.717, 1.165) is 39.4 Å². The Kier molecular flexibility index (Phi) is 6.92. The SMILES string of the molecule is CN(C)C1(CNC(=O)NCCN2CCOCC2)CCCCC1. The lowest BCUT2D eigenvalue weighted by molar-refractivity contribution is 0.0387. The third-order valence-electron chi connectivity index (χ3n) is 5.13. The Labute approximate surface area is 134 Å². The van der Waals surface area contributed by atoms with E-state index in [1.54, 1.807) is 0 Å². The Morgan fingerprint density at radius 3 is 2.45 bits per heavy atom. The van der Waals surface area contributed by atoms with Crippen molar-refractivity contribution in [2.75, 3.05) is 60.0 Å². The normalized spacial score (nSPS) is 22.5. The number of morpholine rings is 1.